The van der Waals surface area contributed by atoms with Crippen LogP contribution in [0, 0.1) is 0 Å². The van der Waals surface area contributed by atoms with Crippen molar-refractivity contribution in [1.29, 1.82) is 0 Å². The first-order valence-corrected chi connectivity index (χ1v) is 15.2. The lowest BCUT2D eigenvalue weighted by Gasteiger charge is -2.22. The van der Waals surface area contributed by atoms with Gasteiger partial charge in [-0.1, -0.05) is 0 Å². The summed E-state index contributed by atoms with van der Waals surface area (Å²) in [5.74, 6) is 1.56. The van der Waals surface area contributed by atoms with Gasteiger partial charge in [0.05, 0.1) is 48.5 Å². The van der Waals surface area contributed by atoms with Gasteiger partial charge in [-0.15, -0.1) is 0 Å². The van der Waals surface area contributed by atoms with E-state index in [0.717, 1.165) is 52.2 Å². The van der Waals surface area contributed by atoms with Gasteiger partial charge >= 0.3 is 11.9 Å². The van der Waals surface area contributed by atoms with Gasteiger partial charge in [-0.2, -0.15) is 0 Å². The largest absolute Gasteiger partial charge is 0.466 e. The van der Waals surface area contributed by atoms with Crippen LogP contribution in [0.15, 0.2) is 36.4 Å². The zero-order valence-corrected chi connectivity index (χ0v) is 26.3. The number of imidazole rings is 2. The number of benzene rings is 2. The molecule has 4 rings (SSSR count). The van der Waals surface area contributed by atoms with Crippen LogP contribution in [0.4, 0.5) is 11.4 Å². The van der Waals surface area contributed by atoms with Crippen LogP contribution < -0.4 is 10.6 Å². The molecule has 12 heteroatoms. The number of anilines is 2. The van der Waals surface area contributed by atoms with Crippen LogP contribution in [0.3, 0.4) is 0 Å². The van der Waals surface area contributed by atoms with Gasteiger partial charge in [-0.25, -0.2) is 9.97 Å². The highest BCUT2D eigenvalue weighted by atomic mass is 16.5. The van der Waals surface area contributed by atoms with Crippen molar-refractivity contribution in [2.24, 2.45) is 14.1 Å². The Bertz CT molecular complexity index is 1510. The van der Waals surface area contributed by atoms with Crippen LogP contribution >= 0.6 is 0 Å². The van der Waals surface area contributed by atoms with Crippen LogP contribution in [-0.2, 0) is 46.0 Å². The van der Waals surface area contributed by atoms with Crippen molar-refractivity contribution in [2.45, 2.75) is 52.4 Å². The molecule has 4 N–H and O–H groups in total. The van der Waals surface area contributed by atoms with Gasteiger partial charge in [0.15, 0.2) is 0 Å². The van der Waals surface area contributed by atoms with E-state index in [1.54, 1.807) is 6.92 Å². The third-order valence-electron chi connectivity index (χ3n) is 7.23. The second-order valence-corrected chi connectivity index (χ2v) is 10.3. The lowest BCUT2D eigenvalue weighted by atomic mass is 10.2. The maximum atomic E-state index is 11.4. The Morgan fingerprint density at radius 2 is 1.27 bits per heavy atom. The predicted molar refractivity (Wildman–Crippen MR) is 171 cm³/mol. The average molecular weight is 611 g/mol. The summed E-state index contributed by atoms with van der Waals surface area (Å²) in [6, 6.07) is 11.6. The molecule has 0 unspecified atom stereocenters. The molecule has 2 heterocycles. The highest BCUT2D eigenvalue weighted by Crippen LogP contribution is 2.23. The summed E-state index contributed by atoms with van der Waals surface area (Å²) in [6.45, 7) is 5.44. The second kappa shape index (κ2) is 17.2. The highest BCUT2D eigenvalue weighted by molar-refractivity contribution is 5.81. The van der Waals surface area contributed by atoms with Crippen molar-refractivity contribution >= 4 is 45.4 Å². The van der Waals surface area contributed by atoms with Gasteiger partial charge in [0.1, 0.15) is 11.6 Å². The smallest absolute Gasteiger partial charge is 0.305 e. The molecule has 0 bridgehead atoms. The second-order valence-electron chi connectivity index (χ2n) is 10.3. The molecule has 4 aromatic rings. The zero-order valence-electron chi connectivity index (χ0n) is 26.3. The number of ether oxygens (including phenoxy) is 2. The maximum absolute atomic E-state index is 11.4. The van der Waals surface area contributed by atoms with Crippen molar-refractivity contribution in [2.75, 3.05) is 50.2 Å². The summed E-state index contributed by atoms with van der Waals surface area (Å²) in [5, 5.41) is 18.4. The third kappa shape index (κ3) is 9.42. The van der Waals surface area contributed by atoms with Gasteiger partial charge in [0.2, 0.25) is 0 Å². The number of nitrogen functional groups attached to an aromatic ring is 1. The van der Waals surface area contributed by atoms with Crippen LogP contribution in [0.1, 0.15) is 51.2 Å². The van der Waals surface area contributed by atoms with Crippen LogP contribution in [-0.4, -0.2) is 80.8 Å². The lowest BCUT2D eigenvalue weighted by molar-refractivity contribution is -0.144. The van der Waals surface area contributed by atoms with Gasteiger partial charge < -0.3 is 39.5 Å². The van der Waals surface area contributed by atoms with Gasteiger partial charge in [0.25, 0.3) is 0 Å². The van der Waals surface area contributed by atoms with E-state index in [0.29, 0.717) is 57.7 Å². The molecule has 0 amide bonds. The Balaban J connectivity index is 0.000000249. The van der Waals surface area contributed by atoms with Crippen LogP contribution in [0.25, 0.3) is 22.1 Å². The minimum atomic E-state index is -0.174. The fourth-order valence-electron chi connectivity index (χ4n) is 5.01. The molecule has 0 saturated heterocycles. The van der Waals surface area contributed by atoms with Crippen molar-refractivity contribution in [3.63, 3.8) is 0 Å². The number of hydrogen-bond donors (Lipinski definition) is 3. The topological polar surface area (TPSA) is 158 Å². The number of nitrogens with zero attached hydrogens (tertiary/aromatic N) is 5. The molecular weight excluding hydrogens is 564 g/mol. The van der Waals surface area contributed by atoms with Crippen LogP contribution in [0.5, 0.6) is 0 Å². The van der Waals surface area contributed by atoms with E-state index in [4.69, 9.17) is 15.2 Å². The molecule has 2 aromatic carbocycles. The van der Waals surface area contributed by atoms with Crippen molar-refractivity contribution in [3.8, 4) is 0 Å². The number of carbonyl (C=O) groups excluding carboxylic acids is 2. The van der Waals surface area contributed by atoms with Gasteiger partial charge in [-0.05, 0) is 63.1 Å². The molecule has 2 aromatic heterocycles. The summed E-state index contributed by atoms with van der Waals surface area (Å²) in [7, 11) is 3.94. The molecule has 0 aliphatic rings. The summed E-state index contributed by atoms with van der Waals surface area (Å²) in [6.07, 6.45) is 3.72. The fourth-order valence-corrected chi connectivity index (χ4v) is 5.01. The number of fused-ring (bicyclic) bond motifs is 2. The molecule has 0 aliphatic carbocycles. The van der Waals surface area contributed by atoms with E-state index in [1.807, 2.05) is 71.5 Å². The van der Waals surface area contributed by atoms with E-state index in [1.165, 1.54) is 0 Å². The van der Waals surface area contributed by atoms with E-state index in [-0.39, 0.29) is 25.2 Å². The Morgan fingerprint density at radius 3 is 1.75 bits per heavy atom. The molecule has 0 fully saturated rings. The van der Waals surface area contributed by atoms with Gasteiger partial charge in [0, 0.05) is 64.2 Å². The highest BCUT2D eigenvalue weighted by Gasteiger charge is 2.13. The number of aliphatic hydroxyl groups excluding tert-OH is 2. The van der Waals surface area contributed by atoms with E-state index >= 15 is 0 Å². The van der Waals surface area contributed by atoms with Gasteiger partial charge in [-0.3, -0.25) is 9.59 Å². The number of hydrogen-bond acceptors (Lipinski definition) is 10. The third-order valence-corrected chi connectivity index (χ3v) is 7.23. The summed E-state index contributed by atoms with van der Waals surface area (Å²) in [4.78, 5) is 33.9. The summed E-state index contributed by atoms with van der Waals surface area (Å²) >= 11 is 0. The number of esters is 2. The fraction of sp³-hybridized carbons (Fsp3) is 0.500. The monoisotopic (exact) mass is 610 g/mol. The van der Waals surface area contributed by atoms with Crippen LogP contribution in [0.2, 0.25) is 0 Å². The number of nitrogens with two attached hydrogens (primary N) is 1. The minimum absolute atomic E-state index is 0.0271. The van der Waals surface area contributed by atoms with Crippen molar-refractivity contribution < 1.29 is 29.3 Å². The first-order valence-electron chi connectivity index (χ1n) is 15.2. The molecule has 12 nitrogen and oxygen atoms in total. The average Bonchev–Trinajstić information content (AvgIpc) is 3.48. The zero-order chi connectivity index (χ0) is 32.1. The Morgan fingerprint density at radius 1 is 0.795 bits per heavy atom. The summed E-state index contributed by atoms with van der Waals surface area (Å²) < 4.78 is 13.9. The Hall–Kier alpha value is -4.16. The first-order chi connectivity index (χ1) is 21.2. The molecule has 0 aliphatic heterocycles. The number of aliphatic hydroxyl groups is 2. The quantitative estimate of drug-likeness (QED) is 0.135. The predicted octanol–water partition coefficient (Wildman–Crippen LogP) is 3.29. The van der Waals surface area contributed by atoms with Crippen molar-refractivity contribution in [1.82, 2.24) is 19.1 Å². The maximum Gasteiger partial charge on any atom is 0.305 e. The standard InChI is InChI=1S/C18H27N3O4.C14H19N3O2/c1-3-25-18(24)6-4-5-17-19-15-13-14(7-8-16(15)20(17)2)21(9-11-22)10-12-23;1-3-19-14(18)6-4-5-13-16-11-9-10(15)7-8-12(11)17(13)2/h7-8,13,22-23H,3-6,9-12H2,1-2H3;7-9H,3-6,15H2,1-2H3. The number of aryl methyl sites for hydroxylation is 4. The molecule has 0 radical (unpaired) electrons. The number of carbonyl (C=O) groups is 2. The number of rotatable bonds is 15. The van der Waals surface area contributed by atoms with E-state index in [9.17, 15) is 19.8 Å². The molecule has 44 heavy (non-hydrogen) atoms. The molecule has 0 spiro atoms. The van der Waals surface area contributed by atoms with E-state index < -0.39 is 0 Å². The Kier molecular flexibility index (Phi) is 13.4. The minimum Gasteiger partial charge on any atom is -0.466 e. The summed E-state index contributed by atoms with van der Waals surface area (Å²) in [5.41, 5.74) is 11.2. The SMILES string of the molecule is CCOC(=O)CCCc1nc2cc(N(CCO)CCO)ccc2n1C.CCOC(=O)CCCc1nc2cc(N)ccc2n1C. The Labute approximate surface area is 258 Å². The molecule has 0 atom stereocenters. The molecule has 0 saturated carbocycles. The molecule has 240 valence electrons. The lowest BCUT2D eigenvalue weighted by Crippen LogP contribution is -2.29. The first kappa shape index (κ1) is 34.3. The van der Waals surface area contributed by atoms with E-state index in [2.05, 4.69) is 9.97 Å². The van der Waals surface area contributed by atoms with Crippen molar-refractivity contribution in [3.05, 3.63) is 48.0 Å². The number of aromatic nitrogens is 4. The molecular formula is C32H46N6O6. The normalized spacial score (nSPS) is 11.0.